The maximum atomic E-state index is 11.0. The summed E-state index contributed by atoms with van der Waals surface area (Å²) in [7, 11) is 0. The molecule has 0 atom stereocenters. The fourth-order valence-corrected chi connectivity index (χ4v) is 3.67. The maximum Gasteiger partial charge on any atom is 0.328 e. The van der Waals surface area contributed by atoms with Gasteiger partial charge in [0, 0.05) is 6.08 Å². The molecule has 142 valence electrons. The smallest absolute Gasteiger partial charge is 0.328 e. The molecule has 2 aliphatic rings. The summed E-state index contributed by atoms with van der Waals surface area (Å²) in [5, 5.41) is 9.06. The number of fused-ring (bicyclic) bond motifs is 1. The van der Waals surface area contributed by atoms with Crippen molar-refractivity contribution in [1.29, 1.82) is 0 Å². The standard InChI is InChI=1S/C27H22O2/c28-27(29)18-15-23-19-26(22-9-5-2-6-10-22)25-17-14-21(13-16-24(23)25)12-11-20-7-3-1-4-8-20/h1-10,13-19H,11-12H2,(H,28,29)/b18-15+. The number of aliphatic carboxylic acids is 1. The van der Waals surface area contributed by atoms with Gasteiger partial charge in [-0.3, -0.25) is 0 Å². The van der Waals surface area contributed by atoms with Gasteiger partial charge in [0.05, 0.1) is 0 Å². The van der Waals surface area contributed by atoms with Gasteiger partial charge in [0.1, 0.15) is 0 Å². The van der Waals surface area contributed by atoms with Gasteiger partial charge in [-0.1, -0.05) is 84.9 Å². The van der Waals surface area contributed by atoms with Gasteiger partial charge in [-0.25, -0.2) is 4.79 Å². The molecule has 0 bridgehead atoms. The summed E-state index contributed by atoms with van der Waals surface area (Å²) in [4.78, 5) is 11.0. The lowest BCUT2D eigenvalue weighted by Gasteiger charge is -2.01. The molecule has 2 heteroatoms. The highest BCUT2D eigenvalue weighted by Gasteiger charge is 2.15. The van der Waals surface area contributed by atoms with E-state index in [1.54, 1.807) is 6.08 Å². The Morgan fingerprint density at radius 3 is 1.93 bits per heavy atom. The van der Waals surface area contributed by atoms with Gasteiger partial charge in [-0.2, -0.15) is 0 Å². The summed E-state index contributed by atoms with van der Waals surface area (Å²) in [5.41, 5.74) is 7.96. The Morgan fingerprint density at radius 2 is 1.28 bits per heavy atom. The normalized spacial score (nSPS) is 11.2. The molecule has 0 saturated carbocycles. The molecule has 0 aliphatic heterocycles. The van der Waals surface area contributed by atoms with Crippen LogP contribution in [0.4, 0.5) is 0 Å². The fraction of sp³-hybridized carbons (Fsp3) is 0.0741. The first kappa shape index (κ1) is 18.7. The number of benzene rings is 2. The van der Waals surface area contributed by atoms with Crippen LogP contribution in [-0.4, -0.2) is 11.1 Å². The Balaban J connectivity index is 1.73. The van der Waals surface area contributed by atoms with E-state index in [1.165, 1.54) is 17.2 Å². The van der Waals surface area contributed by atoms with Crippen molar-refractivity contribution in [2.24, 2.45) is 0 Å². The SMILES string of the molecule is O=C(O)/C=C/c1cc(-c2ccccc2)c2ccc(CCc3ccccc3)ccc1-2. The van der Waals surface area contributed by atoms with Crippen molar-refractivity contribution in [3.8, 4) is 22.3 Å². The zero-order chi connectivity index (χ0) is 20.1. The highest BCUT2D eigenvalue weighted by molar-refractivity contribution is 5.95. The first-order chi connectivity index (χ1) is 14.2. The zero-order valence-electron chi connectivity index (χ0n) is 16.1. The van der Waals surface area contributed by atoms with Crippen LogP contribution in [0.1, 0.15) is 16.7 Å². The summed E-state index contributed by atoms with van der Waals surface area (Å²) in [5.74, 6) is -0.940. The molecular weight excluding hydrogens is 356 g/mol. The number of aryl methyl sites for hydroxylation is 2. The molecule has 2 aromatic carbocycles. The summed E-state index contributed by atoms with van der Waals surface area (Å²) in [6, 6.07) is 31.4. The van der Waals surface area contributed by atoms with E-state index >= 15 is 0 Å². The quantitative estimate of drug-likeness (QED) is 0.397. The highest BCUT2D eigenvalue weighted by atomic mass is 16.4. The number of carbonyl (C=O) groups is 1. The topological polar surface area (TPSA) is 37.3 Å². The monoisotopic (exact) mass is 378 g/mol. The lowest BCUT2D eigenvalue weighted by atomic mass is 10.0. The second kappa shape index (κ2) is 8.57. The van der Waals surface area contributed by atoms with E-state index in [0.29, 0.717) is 0 Å². The minimum Gasteiger partial charge on any atom is -0.478 e. The largest absolute Gasteiger partial charge is 0.478 e. The first-order valence-corrected chi connectivity index (χ1v) is 9.77. The second-order valence-electron chi connectivity index (χ2n) is 7.11. The van der Waals surface area contributed by atoms with Crippen molar-refractivity contribution >= 4 is 12.0 Å². The van der Waals surface area contributed by atoms with Gasteiger partial charge < -0.3 is 5.11 Å². The molecule has 2 nitrogen and oxygen atoms in total. The molecule has 2 aliphatic carbocycles. The number of hydrogen-bond donors (Lipinski definition) is 1. The van der Waals surface area contributed by atoms with E-state index in [0.717, 1.165) is 40.7 Å². The van der Waals surface area contributed by atoms with E-state index in [4.69, 9.17) is 5.11 Å². The Kier molecular flexibility index (Phi) is 5.53. The molecular formula is C27H22O2. The van der Waals surface area contributed by atoms with Crippen molar-refractivity contribution in [2.75, 3.05) is 0 Å². The molecule has 1 N–H and O–H groups in total. The van der Waals surface area contributed by atoms with Crippen LogP contribution in [0.15, 0.2) is 97.1 Å². The first-order valence-electron chi connectivity index (χ1n) is 9.77. The van der Waals surface area contributed by atoms with Crippen LogP contribution in [-0.2, 0) is 17.6 Å². The molecule has 0 heterocycles. The third-order valence-corrected chi connectivity index (χ3v) is 5.15. The summed E-state index contributed by atoms with van der Waals surface area (Å²) >= 11 is 0. The molecule has 0 saturated heterocycles. The van der Waals surface area contributed by atoms with E-state index < -0.39 is 5.97 Å². The van der Waals surface area contributed by atoms with Crippen LogP contribution in [0, 0.1) is 0 Å². The molecule has 0 amide bonds. The number of rotatable bonds is 6. The van der Waals surface area contributed by atoms with Gasteiger partial charge in [-0.05, 0) is 63.9 Å². The van der Waals surface area contributed by atoms with E-state index in [1.807, 2.05) is 24.3 Å². The molecule has 0 radical (unpaired) electrons. The number of carboxylic acid groups (broad SMARTS) is 1. The third-order valence-electron chi connectivity index (χ3n) is 5.15. The van der Waals surface area contributed by atoms with Crippen LogP contribution in [0.5, 0.6) is 0 Å². The molecule has 0 unspecified atom stereocenters. The molecule has 2 aromatic rings. The Hall–Kier alpha value is -3.65. The van der Waals surface area contributed by atoms with E-state index in [9.17, 15) is 4.79 Å². The van der Waals surface area contributed by atoms with Gasteiger partial charge in [0.2, 0.25) is 0 Å². The maximum absolute atomic E-state index is 11.0. The van der Waals surface area contributed by atoms with Gasteiger partial charge in [0.25, 0.3) is 0 Å². The highest BCUT2D eigenvalue weighted by Crippen LogP contribution is 2.39. The van der Waals surface area contributed by atoms with Crippen LogP contribution in [0.25, 0.3) is 28.3 Å². The molecule has 29 heavy (non-hydrogen) atoms. The van der Waals surface area contributed by atoms with Gasteiger partial charge >= 0.3 is 5.97 Å². The average molecular weight is 378 g/mol. The average Bonchev–Trinajstić information content (AvgIpc) is 2.96. The Labute approximate surface area is 171 Å². The van der Waals surface area contributed by atoms with Crippen molar-refractivity contribution in [3.05, 3.63) is 114 Å². The van der Waals surface area contributed by atoms with Crippen molar-refractivity contribution in [2.45, 2.75) is 12.8 Å². The number of hydrogen-bond acceptors (Lipinski definition) is 1. The van der Waals surface area contributed by atoms with Crippen molar-refractivity contribution < 1.29 is 9.90 Å². The molecule has 4 rings (SSSR count). The van der Waals surface area contributed by atoms with Crippen molar-refractivity contribution in [1.82, 2.24) is 0 Å². The number of carboxylic acids is 1. The minimum absolute atomic E-state index is 0.923. The van der Waals surface area contributed by atoms with Crippen LogP contribution in [0.2, 0.25) is 0 Å². The molecule has 0 spiro atoms. The van der Waals surface area contributed by atoms with E-state index in [2.05, 4.69) is 66.7 Å². The summed E-state index contributed by atoms with van der Waals surface area (Å²) in [6.45, 7) is 0. The summed E-state index contributed by atoms with van der Waals surface area (Å²) in [6.07, 6.45) is 4.84. The Bertz CT molecular complexity index is 1110. The minimum atomic E-state index is -0.940. The fourth-order valence-electron chi connectivity index (χ4n) is 3.67. The molecule has 0 fully saturated rings. The molecule has 0 aromatic heterocycles. The second-order valence-corrected chi connectivity index (χ2v) is 7.11. The lowest BCUT2D eigenvalue weighted by Crippen LogP contribution is -1.89. The van der Waals surface area contributed by atoms with E-state index in [-0.39, 0.29) is 0 Å². The van der Waals surface area contributed by atoms with Crippen LogP contribution < -0.4 is 0 Å². The van der Waals surface area contributed by atoms with Gasteiger partial charge in [-0.15, -0.1) is 0 Å². The van der Waals surface area contributed by atoms with Crippen LogP contribution >= 0.6 is 0 Å². The Morgan fingerprint density at radius 1 is 0.690 bits per heavy atom. The predicted octanol–water partition coefficient (Wildman–Crippen LogP) is 6.34. The van der Waals surface area contributed by atoms with Crippen molar-refractivity contribution in [3.63, 3.8) is 0 Å². The third kappa shape index (κ3) is 4.44. The zero-order valence-corrected chi connectivity index (χ0v) is 16.1. The van der Waals surface area contributed by atoms with Gasteiger partial charge in [0.15, 0.2) is 0 Å². The summed E-state index contributed by atoms with van der Waals surface area (Å²) < 4.78 is 0. The predicted molar refractivity (Wildman–Crippen MR) is 119 cm³/mol. The lowest BCUT2D eigenvalue weighted by molar-refractivity contribution is -0.131. The van der Waals surface area contributed by atoms with Crippen LogP contribution in [0.3, 0.4) is 0 Å².